The van der Waals surface area contributed by atoms with Gasteiger partial charge in [0.25, 0.3) is 0 Å². The van der Waals surface area contributed by atoms with Gasteiger partial charge in [-0.25, -0.2) is 0 Å². The third-order valence-corrected chi connectivity index (χ3v) is 3.05. The van der Waals surface area contributed by atoms with Crippen molar-refractivity contribution in [2.75, 3.05) is 0 Å². The summed E-state index contributed by atoms with van der Waals surface area (Å²) in [5, 5.41) is 11.4. The minimum atomic E-state index is -0.423. The molecule has 1 saturated carbocycles. The molecule has 3 nitrogen and oxygen atoms in total. The van der Waals surface area contributed by atoms with Crippen molar-refractivity contribution in [2.24, 2.45) is 0 Å². The quantitative estimate of drug-likeness (QED) is 0.833. The number of rotatable bonds is 3. The lowest BCUT2D eigenvalue weighted by Gasteiger charge is -2.16. The summed E-state index contributed by atoms with van der Waals surface area (Å²) in [4.78, 5) is 12.0. The molecule has 16 heavy (non-hydrogen) atoms. The average Bonchev–Trinajstić information content (AvgIpc) is 3.11. The highest BCUT2D eigenvalue weighted by Gasteiger charge is 2.51. The van der Waals surface area contributed by atoms with Gasteiger partial charge >= 0.3 is 0 Å². The van der Waals surface area contributed by atoms with Crippen molar-refractivity contribution in [1.29, 1.82) is 5.26 Å². The van der Waals surface area contributed by atoms with E-state index in [9.17, 15) is 4.79 Å². The Morgan fingerprint density at radius 1 is 1.44 bits per heavy atom. The van der Waals surface area contributed by atoms with Gasteiger partial charge in [0.15, 0.2) is 0 Å². The number of nitrogens with zero attached hydrogens (tertiary/aromatic N) is 1. The molecule has 1 aliphatic rings. The van der Waals surface area contributed by atoms with Crippen molar-refractivity contribution in [2.45, 2.75) is 31.2 Å². The predicted molar refractivity (Wildman–Crippen MR) is 60.6 cm³/mol. The number of benzene rings is 1. The molecule has 1 fully saturated rings. The largest absolute Gasteiger partial charge is 0.340 e. The van der Waals surface area contributed by atoms with Crippen LogP contribution in [0.2, 0.25) is 0 Å². The lowest BCUT2D eigenvalue weighted by Crippen LogP contribution is -2.39. The van der Waals surface area contributed by atoms with Gasteiger partial charge in [-0.3, -0.25) is 4.79 Å². The van der Waals surface area contributed by atoms with Gasteiger partial charge in [0.2, 0.25) is 5.91 Å². The van der Waals surface area contributed by atoms with E-state index in [0.29, 0.717) is 0 Å². The van der Waals surface area contributed by atoms with Crippen LogP contribution in [0.1, 0.15) is 25.3 Å². The molecule has 0 aliphatic heterocycles. The third kappa shape index (κ3) is 1.79. The van der Waals surface area contributed by atoms with Gasteiger partial charge in [-0.2, -0.15) is 5.26 Å². The fraction of sp³-hybridized carbons (Fsp3) is 0.385. The molecule has 1 unspecified atom stereocenters. The molecule has 0 saturated heterocycles. The summed E-state index contributed by atoms with van der Waals surface area (Å²) in [5.74, 6) is -0.0206. The highest BCUT2D eigenvalue weighted by atomic mass is 16.2. The first kappa shape index (κ1) is 10.7. The Morgan fingerprint density at radius 3 is 2.56 bits per heavy atom. The maximum Gasteiger partial charge on any atom is 0.231 e. The Hall–Kier alpha value is -1.82. The van der Waals surface area contributed by atoms with Crippen molar-refractivity contribution in [1.82, 2.24) is 5.32 Å². The van der Waals surface area contributed by atoms with E-state index >= 15 is 0 Å². The number of carbonyl (C=O) groups excluding carboxylic acids is 1. The zero-order chi connectivity index (χ0) is 11.6. The minimum absolute atomic E-state index is 0.0206. The summed E-state index contributed by atoms with van der Waals surface area (Å²) in [5.41, 5.74) is 0.685. The van der Waals surface area contributed by atoms with Gasteiger partial charge in [-0.1, -0.05) is 30.3 Å². The van der Waals surface area contributed by atoms with Crippen molar-refractivity contribution in [3.05, 3.63) is 35.9 Å². The van der Waals surface area contributed by atoms with Crippen molar-refractivity contribution in [3.63, 3.8) is 0 Å². The topological polar surface area (TPSA) is 52.9 Å². The number of amides is 1. The molecule has 1 amide bonds. The van der Waals surface area contributed by atoms with Crippen LogP contribution in [0.5, 0.6) is 0 Å². The molecule has 0 bridgehead atoms. The Balaban J connectivity index is 2.15. The molecule has 1 atom stereocenters. The lowest BCUT2D eigenvalue weighted by molar-refractivity contribution is -0.123. The highest BCUT2D eigenvalue weighted by Crippen LogP contribution is 2.48. The highest BCUT2D eigenvalue weighted by molar-refractivity contribution is 5.91. The van der Waals surface area contributed by atoms with Gasteiger partial charge in [0.1, 0.15) is 6.04 Å². The Labute approximate surface area is 95.1 Å². The number of nitriles is 1. The first-order chi connectivity index (χ1) is 7.69. The second-order valence-corrected chi connectivity index (χ2v) is 4.27. The van der Waals surface area contributed by atoms with Crippen LogP contribution < -0.4 is 5.32 Å². The zero-order valence-electron chi connectivity index (χ0n) is 9.23. The normalized spacial score (nSPS) is 18.2. The maximum atomic E-state index is 12.0. The fourth-order valence-electron chi connectivity index (χ4n) is 1.90. The molecule has 1 aromatic rings. The van der Waals surface area contributed by atoms with Gasteiger partial charge in [-0.15, -0.1) is 0 Å². The molecule has 0 radical (unpaired) electrons. The minimum Gasteiger partial charge on any atom is -0.340 e. The number of hydrogen-bond donors (Lipinski definition) is 1. The summed E-state index contributed by atoms with van der Waals surface area (Å²) in [6.45, 7) is 1.69. The molecule has 2 rings (SSSR count). The van der Waals surface area contributed by atoms with Gasteiger partial charge in [-0.05, 0) is 25.3 Å². The fourth-order valence-corrected chi connectivity index (χ4v) is 1.90. The van der Waals surface area contributed by atoms with E-state index in [1.165, 1.54) is 0 Å². The van der Waals surface area contributed by atoms with E-state index in [-0.39, 0.29) is 11.3 Å². The summed E-state index contributed by atoms with van der Waals surface area (Å²) in [7, 11) is 0. The Kier molecular flexibility index (Phi) is 2.66. The van der Waals surface area contributed by atoms with Gasteiger partial charge in [0.05, 0.1) is 11.5 Å². The van der Waals surface area contributed by atoms with E-state index in [4.69, 9.17) is 5.26 Å². The van der Waals surface area contributed by atoms with Crippen LogP contribution >= 0.6 is 0 Å². The van der Waals surface area contributed by atoms with Crippen molar-refractivity contribution in [3.8, 4) is 6.07 Å². The second kappa shape index (κ2) is 3.97. The molecule has 1 N–H and O–H groups in total. The Morgan fingerprint density at radius 2 is 2.06 bits per heavy atom. The van der Waals surface area contributed by atoms with Gasteiger partial charge < -0.3 is 5.32 Å². The summed E-state index contributed by atoms with van der Waals surface area (Å²) in [6, 6.07) is 11.4. The van der Waals surface area contributed by atoms with E-state index in [1.54, 1.807) is 6.92 Å². The average molecular weight is 214 g/mol. The van der Waals surface area contributed by atoms with Crippen LogP contribution in [0.25, 0.3) is 0 Å². The predicted octanol–water partition coefficient (Wildman–Crippen LogP) is 1.75. The number of hydrogen-bond acceptors (Lipinski definition) is 2. The van der Waals surface area contributed by atoms with Crippen LogP contribution in [-0.4, -0.2) is 11.9 Å². The molecule has 1 aromatic carbocycles. The van der Waals surface area contributed by atoms with Gasteiger partial charge in [0, 0.05) is 0 Å². The van der Waals surface area contributed by atoms with Crippen LogP contribution in [0.15, 0.2) is 30.3 Å². The number of nitrogens with one attached hydrogen (secondary N) is 1. The monoisotopic (exact) mass is 214 g/mol. The first-order valence-corrected chi connectivity index (χ1v) is 5.45. The lowest BCUT2D eigenvalue weighted by atomic mass is 9.95. The summed E-state index contributed by atoms with van der Waals surface area (Å²) >= 11 is 0. The van der Waals surface area contributed by atoms with Crippen LogP contribution in [-0.2, 0) is 10.2 Å². The summed E-state index contributed by atoms with van der Waals surface area (Å²) < 4.78 is 0. The molecule has 0 heterocycles. The van der Waals surface area contributed by atoms with Crippen molar-refractivity contribution < 1.29 is 4.79 Å². The molecule has 3 heteroatoms. The first-order valence-electron chi connectivity index (χ1n) is 5.45. The molecule has 1 aliphatic carbocycles. The van der Waals surface area contributed by atoms with E-state index in [1.807, 2.05) is 36.4 Å². The smallest absolute Gasteiger partial charge is 0.231 e. The summed E-state index contributed by atoms with van der Waals surface area (Å²) in [6.07, 6.45) is 1.75. The molecular formula is C13H14N2O. The maximum absolute atomic E-state index is 12.0. The van der Waals surface area contributed by atoms with Crippen LogP contribution in [0.4, 0.5) is 0 Å². The standard InChI is InChI=1S/C13H14N2O/c1-10(9-14)15-12(16)13(7-8-13)11-5-3-2-4-6-11/h2-6,10H,7-8H2,1H3,(H,15,16). The SMILES string of the molecule is CC(C#N)NC(=O)C1(c2ccccc2)CC1. The zero-order valence-corrected chi connectivity index (χ0v) is 9.23. The molecule has 82 valence electrons. The number of carbonyl (C=O) groups is 1. The molecule has 0 spiro atoms. The van der Waals surface area contributed by atoms with E-state index in [2.05, 4.69) is 5.32 Å². The second-order valence-electron chi connectivity index (χ2n) is 4.27. The van der Waals surface area contributed by atoms with Crippen LogP contribution in [0, 0.1) is 11.3 Å². The third-order valence-electron chi connectivity index (χ3n) is 3.05. The van der Waals surface area contributed by atoms with Crippen molar-refractivity contribution >= 4 is 5.91 Å². The van der Waals surface area contributed by atoms with E-state index in [0.717, 1.165) is 18.4 Å². The van der Waals surface area contributed by atoms with Crippen LogP contribution in [0.3, 0.4) is 0 Å². The molecular weight excluding hydrogens is 200 g/mol. The molecule has 0 aromatic heterocycles. The Bertz CT molecular complexity index is 429. The van der Waals surface area contributed by atoms with E-state index < -0.39 is 6.04 Å².